The number of nitrogens with zero attached hydrogens (tertiary/aromatic N) is 3. The molecule has 0 radical (unpaired) electrons. The third-order valence-electron chi connectivity index (χ3n) is 3.97. The minimum Gasteiger partial charge on any atom is -0.376 e. The molecule has 0 spiro atoms. The number of nitro benzene ring substituents is 1. The number of nitro groups is 1. The van der Waals surface area contributed by atoms with E-state index < -0.39 is 4.92 Å². The van der Waals surface area contributed by atoms with Crippen LogP contribution in [0.3, 0.4) is 0 Å². The van der Waals surface area contributed by atoms with Crippen LogP contribution in [0, 0.1) is 10.1 Å². The van der Waals surface area contributed by atoms with E-state index in [0.717, 1.165) is 25.0 Å². The lowest BCUT2D eigenvalue weighted by Gasteiger charge is -2.14. The Bertz CT molecular complexity index is 782. The normalized spacial score (nSPS) is 18.6. The maximum absolute atomic E-state index is 12.0. The Morgan fingerprint density at radius 2 is 2.42 bits per heavy atom. The molecule has 128 valence electrons. The number of non-ortho nitro benzene ring substituents is 1. The largest absolute Gasteiger partial charge is 0.376 e. The summed E-state index contributed by atoms with van der Waals surface area (Å²) >= 11 is 1.39. The monoisotopic (exact) mass is 350 g/mol. The third kappa shape index (κ3) is 3.68. The summed E-state index contributed by atoms with van der Waals surface area (Å²) in [7, 11) is 0. The fourth-order valence-electron chi connectivity index (χ4n) is 2.66. The molecule has 2 heterocycles. The fraction of sp³-hybridized carbons (Fsp3) is 0.467. The van der Waals surface area contributed by atoms with Crippen molar-refractivity contribution in [3.8, 4) is 0 Å². The number of hydrogen-bond acceptors (Lipinski definition) is 6. The number of thioether (sulfide) groups is 1. The van der Waals surface area contributed by atoms with Gasteiger partial charge in [0.05, 0.1) is 17.6 Å². The summed E-state index contributed by atoms with van der Waals surface area (Å²) in [5.41, 5.74) is 0.603. The molecule has 0 aliphatic carbocycles. The first-order valence-electron chi connectivity index (χ1n) is 7.72. The molecule has 3 rings (SSSR count). The number of benzene rings is 1. The van der Waals surface area contributed by atoms with Crippen molar-refractivity contribution in [3.05, 3.63) is 50.4 Å². The first-order chi connectivity index (χ1) is 11.5. The van der Waals surface area contributed by atoms with Gasteiger partial charge in [0.15, 0.2) is 5.16 Å². The molecule has 0 bridgehead atoms. The molecule has 1 fully saturated rings. The highest BCUT2D eigenvalue weighted by Gasteiger charge is 2.21. The molecule has 0 amide bonds. The zero-order chi connectivity index (χ0) is 17.1. The van der Waals surface area contributed by atoms with Gasteiger partial charge in [-0.15, -0.1) is 5.10 Å². The van der Waals surface area contributed by atoms with Crippen LogP contribution in [0.5, 0.6) is 0 Å². The quantitative estimate of drug-likeness (QED) is 0.488. The number of aromatic nitrogens is 3. The van der Waals surface area contributed by atoms with Gasteiger partial charge >= 0.3 is 5.69 Å². The summed E-state index contributed by atoms with van der Waals surface area (Å²) in [5, 5.41) is 17.9. The van der Waals surface area contributed by atoms with Crippen molar-refractivity contribution < 1.29 is 9.66 Å². The van der Waals surface area contributed by atoms with Crippen molar-refractivity contribution in [2.75, 3.05) is 6.61 Å². The Morgan fingerprint density at radius 3 is 3.12 bits per heavy atom. The number of ether oxygens (including phenoxy) is 1. The second kappa shape index (κ2) is 7.18. The van der Waals surface area contributed by atoms with E-state index in [9.17, 15) is 14.9 Å². The van der Waals surface area contributed by atoms with E-state index in [4.69, 9.17) is 4.74 Å². The van der Waals surface area contributed by atoms with Crippen molar-refractivity contribution in [2.45, 2.75) is 42.8 Å². The number of aromatic amines is 1. The lowest BCUT2D eigenvalue weighted by molar-refractivity contribution is -0.384. The first-order valence-corrected chi connectivity index (χ1v) is 8.60. The second-order valence-corrected chi connectivity index (χ2v) is 6.98. The second-order valence-electron chi connectivity index (χ2n) is 5.67. The highest BCUT2D eigenvalue weighted by molar-refractivity contribution is 7.99. The predicted molar refractivity (Wildman–Crippen MR) is 89.2 cm³/mol. The van der Waals surface area contributed by atoms with Crippen LogP contribution >= 0.6 is 11.8 Å². The van der Waals surface area contributed by atoms with Crippen molar-refractivity contribution in [1.29, 1.82) is 0 Å². The van der Waals surface area contributed by atoms with Gasteiger partial charge in [0, 0.05) is 24.0 Å². The van der Waals surface area contributed by atoms with Crippen LogP contribution in [-0.4, -0.2) is 32.4 Å². The van der Waals surface area contributed by atoms with Crippen LogP contribution < -0.4 is 5.69 Å². The molecular formula is C15H18N4O4S. The SMILES string of the molecule is C[C@H](Sc1n[nH]c(=O)n1C[C@H]1CCCO1)c1cccc([N+](=O)[O-])c1. The summed E-state index contributed by atoms with van der Waals surface area (Å²) in [5.74, 6) is 0. The summed E-state index contributed by atoms with van der Waals surface area (Å²) in [6, 6.07) is 6.50. The maximum Gasteiger partial charge on any atom is 0.344 e. The molecule has 1 aromatic carbocycles. The van der Waals surface area contributed by atoms with E-state index >= 15 is 0 Å². The van der Waals surface area contributed by atoms with E-state index in [1.807, 2.05) is 13.0 Å². The molecule has 1 aliphatic heterocycles. The zero-order valence-electron chi connectivity index (χ0n) is 13.2. The molecule has 1 aliphatic rings. The highest BCUT2D eigenvalue weighted by Crippen LogP contribution is 2.34. The van der Waals surface area contributed by atoms with Gasteiger partial charge in [-0.2, -0.15) is 0 Å². The van der Waals surface area contributed by atoms with Crippen molar-refractivity contribution >= 4 is 17.4 Å². The van der Waals surface area contributed by atoms with Gasteiger partial charge in [-0.1, -0.05) is 23.9 Å². The molecule has 24 heavy (non-hydrogen) atoms. The minimum atomic E-state index is -0.414. The van der Waals surface area contributed by atoms with E-state index in [1.165, 1.54) is 17.8 Å². The number of H-pyrrole nitrogens is 1. The minimum absolute atomic E-state index is 0.0350. The van der Waals surface area contributed by atoms with Crippen molar-refractivity contribution in [3.63, 3.8) is 0 Å². The van der Waals surface area contributed by atoms with Crippen LogP contribution in [0.25, 0.3) is 0 Å². The van der Waals surface area contributed by atoms with Gasteiger partial charge in [0.25, 0.3) is 5.69 Å². The Morgan fingerprint density at radius 1 is 1.58 bits per heavy atom. The van der Waals surface area contributed by atoms with Gasteiger partial charge in [0.2, 0.25) is 0 Å². The van der Waals surface area contributed by atoms with Gasteiger partial charge < -0.3 is 4.74 Å². The van der Waals surface area contributed by atoms with Gasteiger partial charge in [-0.05, 0) is 25.3 Å². The molecule has 9 heteroatoms. The highest BCUT2D eigenvalue weighted by atomic mass is 32.2. The average Bonchev–Trinajstić information content (AvgIpc) is 3.20. The van der Waals surface area contributed by atoms with Gasteiger partial charge in [-0.25, -0.2) is 9.89 Å². The van der Waals surface area contributed by atoms with Crippen LogP contribution in [0.15, 0.2) is 34.2 Å². The van der Waals surface area contributed by atoms with Crippen LogP contribution in [0.2, 0.25) is 0 Å². The van der Waals surface area contributed by atoms with Crippen LogP contribution in [0.1, 0.15) is 30.6 Å². The van der Waals surface area contributed by atoms with Crippen molar-refractivity contribution in [2.24, 2.45) is 0 Å². The molecule has 2 atom stereocenters. The maximum atomic E-state index is 12.0. The molecule has 1 N–H and O–H groups in total. The molecular weight excluding hydrogens is 332 g/mol. The fourth-order valence-corrected chi connectivity index (χ4v) is 3.65. The number of hydrogen-bond donors (Lipinski definition) is 1. The van der Waals surface area contributed by atoms with E-state index in [2.05, 4.69) is 10.2 Å². The smallest absolute Gasteiger partial charge is 0.344 e. The number of nitrogens with one attached hydrogen (secondary N) is 1. The summed E-state index contributed by atoms with van der Waals surface area (Å²) in [6.45, 7) is 3.13. The van der Waals surface area contributed by atoms with Crippen molar-refractivity contribution in [1.82, 2.24) is 14.8 Å². The molecule has 1 aromatic heterocycles. The Balaban J connectivity index is 1.77. The summed E-state index contributed by atoms with van der Waals surface area (Å²) in [6.07, 6.45) is 1.97. The first kappa shape index (κ1) is 16.7. The summed E-state index contributed by atoms with van der Waals surface area (Å²) < 4.78 is 7.16. The van der Waals surface area contributed by atoms with Gasteiger partial charge in [0.1, 0.15) is 0 Å². The van der Waals surface area contributed by atoms with E-state index in [-0.39, 0.29) is 22.7 Å². The van der Waals surface area contributed by atoms with Crippen LogP contribution in [0.4, 0.5) is 5.69 Å². The topological polar surface area (TPSA) is 103 Å². The van der Waals surface area contributed by atoms with E-state index in [0.29, 0.717) is 11.7 Å². The molecule has 2 aromatic rings. The molecule has 0 saturated carbocycles. The lowest BCUT2D eigenvalue weighted by Crippen LogP contribution is -2.25. The third-order valence-corrected chi connectivity index (χ3v) is 5.11. The van der Waals surface area contributed by atoms with Gasteiger partial charge in [-0.3, -0.25) is 14.7 Å². The standard InChI is InChI=1S/C15H18N4O4S/c1-10(11-4-2-5-12(8-11)19(21)22)24-15-17-16-14(20)18(15)9-13-6-3-7-23-13/h2,4-5,8,10,13H,3,6-7,9H2,1H3,(H,16,20)/t10-,13+/m0/s1. The molecule has 0 unspecified atom stereocenters. The number of rotatable bonds is 6. The summed E-state index contributed by atoms with van der Waals surface area (Å²) in [4.78, 5) is 22.5. The Kier molecular flexibility index (Phi) is 5.00. The lowest BCUT2D eigenvalue weighted by atomic mass is 10.1. The van der Waals surface area contributed by atoms with E-state index in [1.54, 1.807) is 16.7 Å². The Hall–Kier alpha value is -2.13. The molecule has 8 nitrogen and oxygen atoms in total. The van der Waals surface area contributed by atoms with Crippen LogP contribution in [-0.2, 0) is 11.3 Å². The predicted octanol–water partition coefficient (Wildman–Crippen LogP) is 2.51. The Labute approximate surface area is 142 Å². The molecule has 1 saturated heterocycles. The average molecular weight is 350 g/mol. The zero-order valence-corrected chi connectivity index (χ0v) is 14.0.